The Morgan fingerprint density at radius 3 is 2.54 bits per heavy atom. The van der Waals surface area contributed by atoms with Crippen LogP contribution in [0, 0.1) is 11.8 Å². The van der Waals surface area contributed by atoms with Gasteiger partial charge in [0.15, 0.2) is 11.5 Å². The van der Waals surface area contributed by atoms with Crippen molar-refractivity contribution in [2.75, 3.05) is 19.0 Å². The first kappa shape index (κ1) is 33.1. The highest BCUT2D eigenvalue weighted by Gasteiger charge is 2.55. The van der Waals surface area contributed by atoms with Crippen LogP contribution in [0.5, 0.6) is 17.2 Å². The fraction of sp³-hybridized carbons (Fsp3) is 0.550. The fourth-order valence-corrected chi connectivity index (χ4v) is 9.26. The van der Waals surface area contributed by atoms with Crippen molar-refractivity contribution in [2.24, 2.45) is 11.8 Å². The summed E-state index contributed by atoms with van der Waals surface area (Å²) in [6.45, 7) is 9.40. The number of fused-ring (bicyclic) bond motifs is 4. The highest BCUT2D eigenvalue weighted by atomic mass is 35.5. The molecule has 7 rings (SSSR count). The topological polar surface area (TPSA) is 78.9 Å². The Bertz CT molecular complexity index is 1670. The SMILES string of the molecule is COC(=O)C1(Nc2cccc(Cl)c2)CCC2(CC1)c1cc3c(cc1C[C@@H]2C[C@@H](C)COc1ccnc2c1[C@H](C)CCC2)O[C@@H](C)[C@H](C)O3. The maximum atomic E-state index is 13.5. The van der Waals surface area contributed by atoms with Crippen LogP contribution in [0.2, 0.25) is 5.02 Å². The van der Waals surface area contributed by atoms with Gasteiger partial charge in [0.2, 0.25) is 0 Å². The highest BCUT2D eigenvalue weighted by Crippen LogP contribution is 2.58. The minimum Gasteiger partial charge on any atom is -0.493 e. The van der Waals surface area contributed by atoms with Crippen molar-refractivity contribution in [3.05, 3.63) is 76.1 Å². The second-order valence-corrected chi connectivity index (χ2v) is 15.4. The lowest BCUT2D eigenvalue weighted by Crippen LogP contribution is -2.53. The summed E-state index contributed by atoms with van der Waals surface area (Å²) in [5.41, 5.74) is 5.07. The number of carbonyl (C=O) groups is 1. The summed E-state index contributed by atoms with van der Waals surface area (Å²) in [7, 11) is 1.48. The number of rotatable bonds is 8. The van der Waals surface area contributed by atoms with Gasteiger partial charge < -0.3 is 24.3 Å². The molecule has 0 radical (unpaired) electrons. The molecule has 0 saturated heterocycles. The Kier molecular flexibility index (Phi) is 9.03. The van der Waals surface area contributed by atoms with Crippen LogP contribution in [0.15, 0.2) is 48.7 Å². The molecule has 2 aromatic carbocycles. The lowest BCUT2D eigenvalue weighted by atomic mass is 9.59. The van der Waals surface area contributed by atoms with E-state index in [1.54, 1.807) is 0 Å². The summed E-state index contributed by atoms with van der Waals surface area (Å²) in [6, 6.07) is 14.1. The molecule has 1 saturated carbocycles. The highest BCUT2D eigenvalue weighted by molar-refractivity contribution is 6.30. The third-order valence-corrected chi connectivity index (χ3v) is 12.0. The first-order valence-electron chi connectivity index (χ1n) is 17.8. The van der Waals surface area contributed by atoms with Gasteiger partial charge in [-0.3, -0.25) is 4.98 Å². The van der Waals surface area contributed by atoms with Crippen LogP contribution in [0.25, 0.3) is 0 Å². The molecular formula is C40H49ClN2O5. The third-order valence-electron chi connectivity index (χ3n) is 11.8. The maximum Gasteiger partial charge on any atom is 0.331 e. The van der Waals surface area contributed by atoms with Crippen LogP contribution in [-0.4, -0.2) is 42.4 Å². The molecule has 0 unspecified atom stereocenters. The van der Waals surface area contributed by atoms with Gasteiger partial charge >= 0.3 is 5.97 Å². The molecule has 8 heteroatoms. The summed E-state index contributed by atoms with van der Waals surface area (Å²) in [5.74, 6) is 3.63. The van der Waals surface area contributed by atoms with Gasteiger partial charge in [0.05, 0.1) is 13.7 Å². The predicted molar refractivity (Wildman–Crippen MR) is 189 cm³/mol. The lowest BCUT2D eigenvalue weighted by Gasteiger charge is -2.48. The molecule has 5 atom stereocenters. The second kappa shape index (κ2) is 13.1. The first-order chi connectivity index (χ1) is 23.1. The number of carbonyl (C=O) groups excluding carboxylic acids is 1. The standard InChI is InChI=1S/C40H49ClN2O5/c1-24(23-46-34-12-17-42-33-11-6-8-25(2)37(33)34)18-29-19-28-20-35-36(48-27(4)26(3)47-35)22-32(28)39(29)13-15-40(16-14-39,38(44)45-5)43-31-10-7-9-30(41)21-31/h7,9-10,12,17,20-22,24-27,29,43H,6,8,11,13-16,18-19,23H2,1-5H3/t24-,25-,26+,27+,29+,39?,40?/m1/s1. The van der Waals surface area contributed by atoms with Crippen LogP contribution >= 0.6 is 11.6 Å². The predicted octanol–water partition coefficient (Wildman–Crippen LogP) is 8.84. The molecule has 1 fully saturated rings. The zero-order valence-corrected chi connectivity index (χ0v) is 29.7. The number of esters is 1. The molecule has 7 nitrogen and oxygen atoms in total. The number of hydrogen-bond acceptors (Lipinski definition) is 7. The molecule has 1 N–H and O–H groups in total. The quantitative estimate of drug-likeness (QED) is 0.240. The van der Waals surface area contributed by atoms with Gasteiger partial charge in [0.1, 0.15) is 23.5 Å². The van der Waals surface area contributed by atoms with E-state index >= 15 is 0 Å². The van der Waals surface area contributed by atoms with E-state index in [9.17, 15) is 4.79 Å². The minimum atomic E-state index is -0.832. The minimum absolute atomic E-state index is 0.00607. The van der Waals surface area contributed by atoms with E-state index in [1.807, 2.05) is 36.5 Å². The van der Waals surface area contributed by atoms with Gasteiger partial charge in [-0.05, 0) is 142 Å². The van der Waals surface area contributed by atoms with Gasteiger partial charge in [-0.15, -0.1) is 0 Å². The second-order valence-electron chi connectivity index (χ2n) is 15.0. The Labute approximate surface area is 290 Å². The van der Waals surface area contributed by atoms with E-state index in [2.05, 4.69) is 50.1 Å². The van der Waals surface area contributed by atoms with Gasteiger partial charge in [-0.2, -0.15) is 0 Å². The van der Waals surface area contributed by atoms with E-state index < -0.39 is 5.54 Å². The van der Waals surface area contributed by atoms with Crippen molar-refractivity contribution >= 4 is 23.3 Å². The van der Waals surface area contributed by atoms with Crippen LogP contribution in [0.1, 0.15) is 101 Å². The summed E-state index contributed by atoms with van der Waals surface area (Å²) in [4.78, 5) is 18.2. The van der Waals surface area contributed by atoms with Crippen LogP contribution in [-0.2, 0) is 27.8 Å². The maximum absolute atomic E-state index is 13.5. The van der Waals surface area contributed by atoms with Gasteiger partial charge in [0.25, 0.3) is 0 Å². The van der Waals surface area contributed by atoms with E-state index in [0.717, 1.165) is 55.0 Å². The summed E-state index contributed by atoms with van der Waals surface area (Å²) in [6.07, 6.45) is 10.3. The van der Waals surface area contributed by atoms with Crippen molar-refractivity contribution in [3.8, 4) is 17.2 Å². The summed E-state index contributed by atoms with van der Waals surface area (Å²) >= 11 is 6.34. The molecule has 0 amide bonds. The Morgan fingerprint density at radius 1 is 1.06 bits per heavy atom. The third kappa shape index (κ3) is 6.01. The van der Waals surface area contributed by atoms with Gasteiger partial charge in [-0.1, -0.05) is 31.5 Å². The van der Waals surface area contributed by atoms with Gasteiger partial charge in [-0.25, -0.2) is 4.79 Å². The Morgan fingerprint density at radius 2 is 1.81 bits per heavy atom. The lowest BCUT2D eigenvalue weighted by molar-refractivity contribution is -0.148. The molecule has 1 aromatic heterocycles. The fourth-order valence-electron chi connectivity index (χ4n) is 9.07. The molecule has 3 aromatic rings. The number of aryl methyl sites for hydroxylation is 1. The number of nitrogens with zero attached hydrogens (tertiary/aromatic N) is 1. The van der Waals surface area contributed by atoms with Crippen LogP contribution in [0.4, 0.5) is 5.69 Å². The number of hydrogen-bond donors (Lipinski definition) is 1. The molecule has 256 valence electrons. The van der Waals surface area contributed by atoms with E-state index in [1.165, 1.54) is 42.3 Å². The molecule has 48 heavy (non-hydrogen) atoms. The number of aromatic nitrogens is 1. The molecule has 1 aliphatic heterocycles. The van der Waals surface area contributed by atoms with E-state index in [4.69, 9.17) is 30.5 Å². The van der Waals surface area contributed by atoms with Crippen molar-refractivity contribution < 1.29 is 23.7 Å². The molecular weight excluding hydrogens is 624 g/mol. The zero-order chi connectivity index (χ0) is 33.6. The molecule has 0 bridgehead atoms. The number of anilines is 1. The van der Waals surface area contributed by atoms with Crippen LogP contribution in [0.3, 0.4) is 0 Å². The van der Waals surface area contributed by atoms with Crippen molar-refractivity contribution in [2.45, 2.75) is 115 Å². The Balaban J connectivity index is 1.16. The van der Waals surface area contributed by atoms with Crippen molar-refractivity contribution in [1.82, 2.24) is 4.98 Å². The normalized spacial score (nSPS) is 29.5. The molecule has 1 spiro atoms. The zero-order valence-electron chi connectivity index (χ0n) is 28.9. The number of ether oxygens (including phenoxy) is 4. The molecule has 4 aliphatic rings. The number of nitrogens with one attached hydrogen (secondary N) is 1. The average Bonchev–Trinajstić information content (AvgIpc) is 3.34. The monoisotopic (exact) mass is 672 g/mol. The number of methoxy groups -OCH3 is 1. The Hall–Kier alpha value is -3.45. The first-order valence-corrected chi connectivity index (χ1v) is 18.2. The smallest absolute Gasteiger partial charge is 0.331 e. The van der Waals surface area contributed by atoms with Gasteiger partial charge in [0, 0.05) is 28.2 Å². The number of halogens is 1. The number of benzene rings is 2. The van der Waals surface area contributed by atoms with E-state index in [-0.39, 0.29) is 23.6 Å². The summed E-state index contributed by atoms with van der Waals surface area (Å²) in [5, 5.41) is 4.20. The van der Waals surface area contributed by atoms with Crippen LogP contribution < -0.4 is 19.5 Å². The number of pyridine rings is 1. The summed E-state index contributed by atoms with van der Waals surface area (Å²) < 4.78 is 24.8. The molecule has 2 heterocycles. The van der Waals surface area contributed by atoms with Crippen molar-refractivity contribution in [1.29, 1.82) is 0 Å². The van der Waals surface area contributed by atoms with E-state index in [0.29, 0.717) is 42.2 Å². The average molecular weight is 673 g/mol. The largest absolute Gasteiger partial charge is 0.493 e. The molecule has 3 aliphatic carbocycles. The van der Waals surface area contributed by atoms with Crippen molar-refractivity contribution in [3.63, 3.8) is 0 Å².